The summed E-state index contributed by atoms with van der Waals surface area (Å²) in [5, 5.41) is 12.0. The van der Waals surface area contributed by atoms with Gasteiger partial charge in [-0.3, -0.25) is 4.99 Å². The molecule has 0 radical (unpaired) electrons. The molecule has 106 valence electrons. The molecule has 0 aliphatic carbocycles. The molecule has 0 saturated heterocycles. The first-order chi connectivity index (χ1) is 10.1. The maximum atomic E-state index is 9.79. The van der Waals surface area contributed by atoms with Crippen LogP contribution in [0.1, 0.15) is 16.7 Å². The topological polar surface area (TPSA) is 37.5 Å². The van der Waals surface area contributed by atoms with E-state index in [1.807, 2.05) is 24.4 Å². The number of aryl methyl sites for hydroxylation is 2. The highest BCUT2D eigenvalue weighted by atomic mass is 16.3. The second-order valence-corrected chi connectivity index (χ2v) is 5.25. The quantitative estimate of drug-likeness (QED) is 0.706. The number of aliphatic imine (C=N–C) groups is 1. The standard InChI is InChI=1S/C18H18N2O/c1-5-14-11(2)18-16(8-12(14)10-19-3)15-9-13(21)6-7-17(15)20(18)4/h5-10,21H,1H2,2-4H3. The monoisotopic (exact) mass is 278 g/mol. The van der Waals surface area contributed by atoms with E-state index in [0.717, 1.165) is 27.4 Å². The molecule has 1 aromatic heterocycles. The van der Waals surface area contributed by atoms with Gasteiger partial charge in [0.2, 0.25) is 0 Å². The maximum Gasteiger partial charge on any atom is 0.116 e. The van der Waals surface area contributed by atoms with E-state index in [9.17, 15) is 5.11 Å². The van der Waals surface area contributed by atoms with E-state index in [0.29, 0.717) is 0 Å². The van der Waals surface area contributed by atoms with E-state index >= 15 is 0 Å². The Balaban J connectivity index is 2.58. The molecule has 1 N–H and O–H groups in total. The molecule has 0 aliphatic rings. The van der Waals surface area contributed by atoms with Crippen LogP contribution in [0.5, 0.6) is 5.75 Å². The van der Waals surface area contributed by atoms with Crippen LogP contribution in [0.2, 0.25) is 0 Å². The highest BCUT2D eigenvalue weighted by Gasteiger charge is 2.14. The maximum absolute atomic E-state index is 9.79. The van der Waals surface area contributed by atoms with Gasteiger partial charge in [-0.1, -0.05) is 12.7 Å². The van der Waals surface area contributed by atoms with Gasteiger partial charge in [0.1, 0.15) is 5.75 Å². The molecule has 3 aromatic rings. The third kappa shape index (κ3) is 1.85. The van der Waals surface area contributed by atoms with E-state index in [4.69, 9.17) is 0 Å². The van der Waals surface area contributed by atoms with Crippen LogP contribution < -0.4 is 0 Å². The summed E-state index contributed by atoms with van der Waals surface area (Å²) < 4.78 is 2.17. The van der Waals surface area contributed by atoms with E-state index < -0.39 is 0 Å². The van der Waals surface area contributed by atoms with Gasteiger partial charge in [0.05, 0.1) is 5.52 Å². The minimum atomic E-state index is 0.283. The summed E-state index contributed by atoms with van der Waals surface area (Å²) >= 11 is 0. The zero-order valence-electron chi connectivity index (χ0n) is 12.5. The minimum absolute atomic E-state index is 0.283. The van der Waals surface area contributed by atoms with Gasteiger partial charge in [-0.15, -0.1) is 0 Å². The van der Waals surface area contributed by atoms with Gasteiger partial charge in [-0.05, 0) is 42.3 Å². The van der Waals surface area contributed by atoms with Crippen LogP contribution in [0.25, 0.3) is 27.9 Å². The summed E-state index contributed by atoms with van der Waals surface area (Å²) in [4.78, 5) is 4.14. The van der Waals surface area contributed by atoms with Crippen molar-refractivity contribution in [3.8, 4) is 5.75 Å². The molecule has 3 rings (SSSR count). The Hall–Kier alpha value is -2.55. The molecule has 21 heavy (non-hydrogen) atoms. The number of nitrogens with zero attached hydrogens (tertiary/aromatic N) is 2. The molecular weight excluding hydrogens is 260 g/mol. The number of phenols is 1. The zero-order chi connectivity index (χ0) is 15.1. The third-order valence-corrected chi connectivity index (χ3v) is 4.06. The van der Waals surface area contributed by atoms with Crippen molar-refractivity contribution in [3.05, 3.63) is 47.5 Å². The fraction of sp³-hybridized carbons (Fsp3) is 0.167. The van der Waals surface area contributed by atoms with Crippen LogP contribution in [0.15, 0.2) is 35.8 Å². The van der Waals surface area contributed by atoms with Gasteiger partial charge in [0, 0.05) is 42.2 Å². The van der Waals surface area contributed by atoms with Gasteiger partial charge < -0.3 is 9.67 Å². The Morgan fingerprint density at radius 3 is 2.67 bits per heavy atom. The predicted octanol–water partition coefficient (Wildman–Crippen LogP) is 4.04. The van der Waals surface area contributed by atoms with Gasteiger partial charge in [-0.2, -0.15) is 0 Å². The minimum Gasteiger partial charge on any atom is -0.508 e. The van der Waals surface area contributed by atoms with Crippen molar-refractivity contribution < 1.29 is 5.11 Å². The molecule has 0 unspecified atom stereocenters. The Labute approximate surface area is 123 Å². The molecule has 0 atom stereocenters. The van der Waals surface area contributed by atoms with Crippen molar-refractivity contribution in [1.29, 1.82) is 0 Å². The number of benzene rings is 2. The fourth-order valence-corrected chi connectivity index (χ4v) is 3.15. The fourth-order valence-electron chi connectivity index (χ4n) is 3.15. The van der Waals surface area contributed by atoms with Gasteiger partial charge >= 0.3 is 0 Å². The number of hydrogen-bond donors (Lipinski definition) is 1. The van der Waals surface area contributed by atoms with Crippen molar-refractivity contribution in [2.75, 3.05) is 7.05 Å². The van der Waals surface area contributed by atoms with Crippen LogP contribution in [-0.4, -0.2) is 22.9 Å². The van der Waals surface area contributed by atoms with Crippen LogP contribution in [0, 0.1) is 6.92 Å². The molecule has 0 fully saturated rings. The van der Waals surface area contributed by atoms with Gasteiger partial charge in [0.25, 0.3) is 0 Å². The normalized spacial score (nSPS) is 11.8. The van der Waals surface area contributed by atoms with Crippen molar-refractivity contribution in [2.24, 2.45) is 12.0 Å². The van der Waals surface area contributed by atoms with E-state index in [-0.39, 0.29) is 5.75 Å². The van der Waals surface area contributed by atoms with Crippen molar-refractivity contribution in [1.82, 2.24) is 4.57 Å². The SMILES string of the molecule is C=Cc1c(C=NC)cc2c3cc(O)ccc3n(C)c2c1C. The van der Waals surface area contributed by atoms with E-state index in [1.54, 1.807) is 13.1 Å². The van der Waals surface area contributed by atoms with Crippen LogP contribution in [-0.2, 0) is 7.05 Å². The number of fused-ring (bicyclic) bond motifs is 3. The molecule has 0 aliphatic heterocycles. The lowest BCUT2D eigenvalue weighted by molar-refractivity contribution is 0.476. The number of aromatic hydroxyl groups is 1. The average Bonchev–Trinajstić information content (AvgIpc) is 2.72. The second-order valence-electron chi connectivity index (χ2n) is 5.25. The summed E-state index contributed by atoms with van der Waals surface area (Å²) in [5.41, 5.74) is 5.59. The van der Waals surface area contributed by atoms with Crippen LogP contribution >= 0.6 is 0 Å². The zero-order valence-corrected chi connectivity index (χ0v) is 12.5. The van der Waals surface area contributed by atoms with Crippen LogP contribution in [0.4, 0.5) is 0 Å². The Kier molecular flexibility index (Phi) is 3.05. The van der Waals surface area contributed by atoms with E-state index in [1.165, 1.54) is 11.1 Å². The first kappa shape index (κ1) is 13.4. The van der Waals surface area contributed by atoms with Crippen molar-refractivity contribution in [3.63, 3.8) is 0 Å². The summed E-state index contributed by atoms with van der Waals surface area (Å²) in [6, 6.07) is 7.61. The summed E-state index contributed by atoms with van der Waals surface area (Å²) in [5.74, 6) is 0.283. The number of hydrogen-bond acceptors (Lipinski definition) is 2. The lowest BCUT2D eigenvalue weighted by Gasteiger charge is -2.09. The summed E-state index contributed by atoms with van der Waals surface area (Å²) in [6.45, 7) is 6.03. The van der Waals surface area contributed by atoms with Gasteiger partial charge in [0.15, 0.2) is 0 Å². The third-order valence-electron chi connectivity index (χ3n) is 4.06. The molecule has 1 heterocycles. The lowest BCUT2D eigenvalue weighted by atomic mass is 9.98. The Bertz CT molecular complexity index is 901. The highest BCUT2D eigenvalue weighted by Crippen LogP contribution is 2.35. The molecular formula is C18H18N2O. The number of aromatic nitrogens is 1. The average molecular weight is 278 g/mol. The van der Waals surface area contributed by atoms with Crippen molar-refractivity contribution >= 4 is 34.1 Å². The van der Waals surface area contributed by atoms with Gasteiger partial charge in [-0.25, -0.2) is 0 Å². The molecule has 2 aromatic carbocycles. The summed E-state index contributed by atoms with van der Waals surface area (Å²) in [7, 11) is 3.82. The lowest BCUT2D eigenvalue weighted by Crippen LogP contribution is -1.96. The van der Waals surface area contributed by atoms with E-state index in [2.05, 4.69) is 36.2 Å². The summed E-state index contributed by atoms with van der Waals surface area (Å²) in [6.07, 6.45) is 3.73. The van der Waals surface area contributed by atoms with Crippen molar-refractivity contribution in [2.45, 2.75) is 6.92 Å². The first-order valence-electron chi connectivity index (χ1n) is 6.87. The molecule has 3 heteroatoms. The molecule has 3 nitrogen and oxygen atoms in total. The number of phenolic OH excluding ortho intramolecular Hbond substituents is 1. The molecule has 0 saturated carbocycles. The molecule has 0 amide bonds. The highest BCUT2D eigenvalue weighted by molar-refractivity contribution is 6.12. The largest absolute Gasteiger partial charge is 0.508 e. The van der Waals surface area contributed by atoms with Crippen LogP contribution in [0.3, 0.4) is 0 Å². The first-order valence-corrected chi connectivity index (χ1v) is 6.87. The molecule has 0 spiro atoms. The Morgan fingerprint density at radius 2 is 2.00 bits per heavy atom. The second kappa shape index (κ2) is 4.77. The Morgan fingerprint density at radius 1 is 1.24 bits per heavy atom. The molecule has 0 bridgehead atoms. The number of rotatable bonds is 2. The smallest absolute Gasteiger partial charge is 0.116 e. The predicted molar refractivity (Wildman–Crippen MR) is 90.4 cm³/mol.